The predicted octanol–water partition coefficient (Wildman–Crippen LogP) is 1.83. The Morgan fingerprint density at radius 3 is 2.65 bits per heavy atom. The molecule has 1 fully saturated rings. The number of nitrogens with one attached hydrogen (secondary N) is 1. The largest absolute Gasteiger partial charge is 0.358 e. The number of allylic oxidation sites excluding steroid dienone is 3. The van der Waals surface area contributed by atoms with Crippen LogP contribution < -0.4 is 11.1 Å². The number of carbonyl (C=O) groups excluding carboxylic acids is 1. The summed E-state index contributed by atoms with van der Waals surface area (Å²) >= 11 is 0. The van der Waals surface area contributed by atoms with Crippen molar-refractivity contribution < 1.29 is 4.79 Å². The Balaban J connectivity index is 2.49. The molecule has 2 atom stereocenters. The number of carbonyl (C=O) groups is 1. The van der Waals surface area contributed by atoms with Gasteiger partial charge in [0.25, 0.3) is 0 Å². The minimum atomic E-state index is -0.0724. The van der Waals surface area contributed by atoms with Crippen LogP contribution in [-0.2, 0) is 4.79 Å². The fraction of sp³-hybridized carbons (Fsp3) is 0.688. The minimum absolute atomic E-state index is 0.0724. The highest BCUT2D eigenvalue weighted by Crippen LogP contribution is 2.17. The van der Waals surface area contributed by atoms with Crippen LogP contribution in [0.3, 0.4) is 0 Å². The molecule has 0 saturated carbocycles. The molecule has 3 N–H and O–H groups in total. The molecule has 1 amide bonds. The number of hydrogen-bond acceptors (Lipinski definition) is 3. The van der Waals surface area contributed by atoms with Crippen molar-refractivity contribution in [3.63, 3.8) is 0 Å². The van der Waals surface area contributed by atoms with Crippen LogP contribution >= 0.6 is 0 Å². The number of rotatable bonds is 6. The third-order valence-electron chi connectivity index (χ3n) is 3.75. The van der Waals surface area contributed by atoms with E-state index in [1.54, 1.807) is 7.05 Å². The van der Waals surface area contributed by atoms with Crippen molar-refractivity contribution in [2.75, 3.05) is 20.1 Å². The fourth-order valence-electron chi connectivity index (χ4n) is 2.54. The second-order valence-corrected chi connectivity index (χ2v) is 5.95. The smallest absolute Gasteiger partial charge is 0.237 e. The van der Waals surface area contributed by atoms with E-state index in [-0.39, 0.29) is 18.0 Å². The zero-order valence-corrected chi connectivity index (χ0v) is 13.3. The van der Waals surface area contributed by atoms with Gasteiger partial charge in [0.1, 0.15) is 0 Å². The SMILES string of the molecule is CNC(=O)[C@@H]1C[C@H](N)CN1CC=C(C)CCC=C(C)C. The summed E-state index contributed by atoms with van der Waals surface area (Å²) in [6.45, 7) is 8.02. The summed E-state index contributed by atoms with van der Waals surface area (Å²) in [5.74, 6) is 0.0774. The number of nitrogens with two attached hydrogens (primary N) is 1. The van der Waals surface area contributed by atoms with E-state index in [1.807, 2.05) is 0 Å². The standard InChI is InChI=1S/C16H29N3O/c1-12(2)6-5-7-13(3)8-9-19-11-14(17)10-15(19)16(20)18-4/h6,8,14-15H,5,7,9-11,17H2,1-4H3,(H,18,20)/t14-,15-/m0/s1. The lowest BCUT2D eigenvalue weighted by Crippen LogP contribution is -2.41. The van der Waals surface area contributed by atoms with Gasteiger partial charge in [-0.2, -0.15) is 0 Å². The molecule has 1 rings (SSSR count). The number of likely N-dealkylation sites (tertiary alicyclic amines) is 1. The Hall–Kier alpha value is -1.13. The molecule has 4 heteroatoms. The Morgan fingerprint density at radius 2 is 2.05 bits per heavy atom. The van der Waals surface area contributed by atoms with Crippen molar-refractivity contribution in [1.29, 1.82) is 0 Å². The van der Waals surface area contributed by atoms with E-state index in [4.69, 9.17) is 5.73 Å². The van der Waals surface area contributed by atoms with Crippen LogP contribution in [0, 0.1) is 0 Å². The molecule has 1 saturated heterocycles. The second kappa shape index (κ2) is 8.22. The van der Waals surface area contributed by atoms with Crippen LogP contribution in [0.15, 0.2) is 23.3 Å². The second-order valence-electron chi connectivity index (χ2n) is 5.95. The molecule has 0 spiro atoms. The summed E-state index contributed by atoms with van der Waals surface area (Å²) in [6.07, 6.45) is 7.41. The monoisotopic (exact) mass is 279 g/mol. The van der Waals surface area contributed by atoms with Crippen molar-refractivity contribution in [2.45, 2.75) is 52.1 Å². The van der Waals surface area contributed by atoms with Gasteiger partial charge in [0.2, 0.25) is 5.91 Å². The Labute approximate surface area is 123 Å². The van der Waals surface area contributed by atoms with Crippen molar-refractivity contribution in [3.8, 4) is 0 Å². The Bertz CT molecular complexity index is 383. The van der Waals surface area contributed by atoms with E-state index in [0.717, 1.165) is 32.4 Å². The lowest BCUT2D eigenvalue weighted by molar-refractivity contribution is -0.124. The summed E-state index contributed by atoms with van der Waals surface area (Å²) in [6, 6.07) is 0.0357. The summed E-state index contributed by atoms with van der Waals surface area (Å²) in [5, 5.41) is 2.73. The van der Waals surface area contributed by atoms with Crippen LogP contribution in [0.25, 0.3) is 0 Å². The molecule has 0 unspecified atom stereocenters. The molecule has 0 aromatic heterocycles. The van der Waals surface area contributed by atoms with Crippen LogP contribution in [0.5, 0.6) is 0 Å². The van der Waals surface area contributed by atoms with Crippen LogP contribution in [-0.4, -0.2) is 43.0 Å². The third kappa shape index (κ3) is 5.47. The van der Waals surface area contributed by atoms with Crippen molar-refractivity contribution in [2.24, 2.45) is 5.73 Å². The van der Waals surface area contributed by atoms with Crippen molar-refractivity contribution in [3.05, 3.63) is 23.3 Å². The lowest BCUT2D eigenvalue weighted by atomic mass is 10.1. The zero-order chi connectivity index (χ0) is 15.1. The maximum absolute atomic E-state index is 11.8. The van der Waals surface area contributed by atoms with Gasteiger partial charge in [-0.15, -0.1) is 0 Å². The minimum Gasteiger partial charge on any atom is -0.358 e. The van der Waals surface area contributed by atoms with Gasteiger partial charge in [-0.05, 0) is 40.0 Å². The van der Waals surface area contributed by atoms with Gasteiger partial charge in [0.05, 0.1) is 6.04 Å². The van der Waals surface area contributed by atoms with Crippen LogP contribution in [0.4, 0.5) is 0 Å². The lowest BCUT2D eigenvalue weighted by Gasteiger charge is -2.21. The zero-order valence-electron chi connectivity index (χ0n) is 13.3. The molecule has 0 bridgehead atoms. The molecule has 1 aliphatic rings. The topological polar surface area (TPSA) is 58.4 Å². The first kappa shape index (κ1) is 16.9. The number of likely N-dealkylation sites (N-methyl/N-ethyl adjacent to an activating group) is 1. The van der Waals surface area contributed by atoms with Gasteiger partial charge in [-0.3, -0.25) is 9.69 Å². The highest BCUT2D eigenvalue weighted by Gasteiger charge is 2.33. The average Bonchev–Trinajstić information content (AvgIpc) is 2.76. The number of nitrogens with zero attached hydrogens (tertiary/aromatic N) is 1. The van der Waals surface area contributed by atoms with Gasteiger partial charge in [-0.25, -0.2) is 0 Å². The molecule has 1 heterocycles. The average molecular weight is 279 g/mol. The van der Waals surface area contributed by atoms with Gasteiger partial charge < -0.3 is 11.1 Å². The van der Waals surface area contributed by atoms with Gasteiger partial charge in [0, 0.05) is 26.2 Å². The molecule has 0 radical (unpaired) electrons. The summed E-state index contributed by atoms with van der Waals surface area (Å²) in [7, 11) is 1.69. The Morgan fingerprint density at radius 1 is 1.35 bits per heavy atom. The normalized spacial score (nSPS) is 23.8. The maximum atomic E-state index is 11.8. The van der Waals surface area contributed by atoms with Gasteiger partial charge in [0.15, 0.2) is 0 Å². The summed E-state index contributed by atoms with van der Waals surface area (Å²) in [5.41, 5.74) is 8.72. The first-order valence-electron chi connectivity index (χ1n) is 7.44. The molecule has 0 aromatic carbocycles. The maximum Gasteiger partial charge on any atom is 0.237 e. The summed E-state index contributed by atoms with van der Waals surface area (Å²) in [4.78, 5) is 14.0. The Kier molecular flexibility index (Phi) is 6.96. The molecule has 20 heavy (non-hydrogen) atoms. The number of amides is 1. The fourth-order valence-corrected chi connectivity index (χ4v) is 2.54. The molecular formula is C16H29N3O. The van der Waals surface area contributed by atoms with Crippen molar-refractivity contribution in [1.82, 2.24) is 10.2 Å². The van der Waals surface area contributed by atoms with E-state index in [9.17, 15) is 4.79 Å². The van der Waals surface area contributed by atoms with E-state index < -0.39 is 0 Å². The molecule has 114 valence electrons. The van der Waals surface area contributed by atoms with E-state index in [1.165, 1.54) is 11.1 Å². The predicted molar refractivity (Wildman–Crippen MR) is 84.4 cm³/mol. The summed E-state index contributed by atoms with van der Waals surface area (Å²) < 4.78 is 0. The molecule has 0 aliphatic carbocycles. The van der Waals surface area contributed by atoms with E-state index >= 15 is 0 Å². The highest BCUT2D eigenvalue weighted by atomic mass is 16.2. The molecule has 0 aromatic rings. The van der Waals surface area contributed by atoms with E-state index in [0.29, 0.717) is 0 Å². The first-order valence-corrected chi connectivity index (χ1v) is 7.44. The van der Waals surface area contributed by atoms with Gasteiger partial charge >= 0.3 is 0 Å². The first-order chi connectivity index (χ1) is 9.43. The van der Waals surface area contributed by atoms with E-state index in [2.05, 4.69) is 43.1 Å². The molecule has 4 nitrogen and oxygen atoms in total. The number of hydrogen-bond donors (Lipinski definition) is 2. The highest BCUT2D eigenvalue weighted by molar-refractivity contribution is 5.81. The quantitative estimate of drug-likeness (QED) is 0.729. The van der Waals surface area contributed by atoms with Crippen LogP contribution in [0.2, 0.25) is 0 Å². The molecular weight excluding hydrogens is 250 g/mol. The van der Waals surface area contributed by atoms with Gasteiger partial charge in [-0.1, -0.05) is 23.3 Å². The molecule has 1 aliphatic heterocycles. The van der Waals surface area contributed by atoms with Crippen molar-refractivity contribution >= 4 is 5.91 Å². The van der Waals surface area contributed by atoms with Crippen LogP contribution in [0.1, 0.15) is 40.0 Å². The third-order valence-corrected chi connectivity index (χ3v) is 3.75.